The lowest BCUT2D eigenvalue weighted by molar-refractivity contribution is -0.385. The van der Waals surface area contributed by atoms with E-state index in [1.807, 2.05) is 30.3 Å². The Kier molecular flexibility index (Phi) is 6.53. The highest BCUT2D eigenvalue weighted by Crippen LogP contribution is 2.44. The van der Waals surface area contributed by atoms with Gasteiger partial charge >= 0.3 is 5.69 Å². The molecule has 9 heteroatoms. The van der Waals surface area contributed by atoms with Gasteiger partial charge in [0.2, 0.25) is 5.75 Å². The Balaban J connectivity index is 1.61. The van der Waals surface area contributed by atoms with Gasteiger partial charge in [-0.25, -0.2) is 4.39 Å². The maximum Gasteiger partial charge on any atom is 0.311 e. The van der Waals surface area contributed by atoms with E-state index in [9.17, 15) is 14.5 Å². The molecule has 3 aromatic rings. The van der Waals surface area contributed by atoms with Gasteiger partial charge in [0.1, 0.15) is 14.4 Å². The first-order valence-corrected chi connectivity index (χ1v) is 11.1. The molecule has 1 aliphatic heterocycles. The van der Waals surface area contributed by atoms with Crippen LogP contribution in [0.3, 0.4) is 0 Å². The zero-order valence-electron chi connectivity index (χ0n) is 16.4. The van der Waals surface area contributed by atoms with Crippen molar-refractivity contribution in [3.63, 3.8) is 0 Å². The summed E-state index contributed by atoms with van der Waals surface area (Å²) in [6, 6.07) is 18.4. The van der Waals surface area contributed by atoms with Crippen molar-refractivity contribution in [1.82, 2.24) is 0 Å². The maximum atomic E-state index is 14.0. The summed E-state index contributed by atoms with van der Waals surface area (Å²) in [7, 11) is -1.30. The van der Waals surface area contributed by atoms with Gasteiger partial charge in [0.15, 0.2) is 11.6 Å². The van der Waals surface area contributed by atoms with Gasteiger partial charge in [-0.05, 0) is 34.9 Å². The molecule has 0 bridgehead atoms. The molecule has 0 saturated heterocycles. The maximum absolute atomic E-state index is 14.0. The second kappa shape index (κ2) is 9.49. The van der Waals surface area contributed by atoms with Gasteiger partial charge in [-0.2, -0.15) is 0 Å². The first-order chi connectivity index (χ1) is 15.0. The van der Waals surface area contributed by atoms with Gasteiger partial charge in [-0.1, -0.05) is 42.5 Å². The van der Waals surface area contributed by atoms with Crippen molar-refractivity contribution < 1.29 is 23.3 Å². The smallest absolute Gasteiger partial charge is 0.311 e. The minimum Gasteiger partial charge on any atom is -0.447 e. The van der Waals surface area contributed by atoms with E-state index in [2.05, 4.69) is 0 Å². The number of nitro benzene ring substituents is 1. The van der Waals surface area contributed by atoms with Crippen LogP contribution >= 0.6 is 8.30 Å². The summed E-state index contributed by atoms with van der Waals surface area (Å²) in [5, 5.41) is 11.6. The number of fused-ring (bicyclic) bond motifs is 1. The summed E-state index contributed by atoms with van der Waals surface area (Å²) >= 11 is 0. The molecule has 0 radical (unpaired) electrons. The fourth-order valence-electron chi connectivity index (χ4n) is 3.34. The van der Waals surface area contributed by atoms with Crippen molar-refractivity contribution in [2.45, 2.75) is 18.9 Å². The average Bonchev–Trinajstić information content (AvgIpc) is 2.76. The molecular formula is C22H20FN2O5P. The van der Waals surface area contributed by atoms with Gasteiger partial charge in [0.05, 0.1) is 18.1 Å². The van der Waals surface area contributed by atoms with Gasteiger partial charge in [-0.3, -0.25) is 15.6 Å². The summed E-state index contributed by atoms with van der Waals surface area (Å²) in [4.78, 5) is 11.0. The van der Waals surface area contributed by atoms with Gasteiger partial charge in [0.25, 0.3) is 0 Å². The molecule has 31 heavy (non-hydrogen) atoms. The summed E-state index contributed by atoms with van der Waals surface area (Å²) in [5.41, 5.74) is 8.34. The Morgan fingerprint density at radius 1 is 1.13 bits per heavy atom. The van der Waals surface area contributed by atoms with E-state index in [4.69, 9.17) is 19.5 Å². The van der Waals surface area contributed by atoms with Crippen molar-refractivity contribution in [3.8, 4) is 11.5 Å². The van der Waals surface area contributed by atoms with Crippen LogP contribution in [-0.2, 0) is 22.0 Å². The van der Waals surface area contributed by atoms with Crippen LogP contribution in [0.2, 0.25) is 0 Å². The number of nitrogens with zero attached hydrogens (tertiary/aromatic N) is 1. The Hall–Kier alpha value is -2.90. The van der Waals surface area contributed by atoms with Crippen LogP contribution in [0.25, 0.3) is 0 Å². The minimum absolute atomic E-state index is 0.0613. The van der Waals surface area contributed by atoms with Crippen molar-refractivity contribution >= 4 is 14.0 Å². The second-order valence-electron chi connectivity index (χ2n) is 6.98. The molecule has 2 N–H and O–H groups in total. The highest BCUT2D eigenvalue weighted by molar-refractivity contribution is 7.49. The molecular weight excluding hydrogens is 422 g/mol. The number of rotatable bonds is 7. The Bertz CT molecular complexity index is 1080. The molecule has 2 atom stereocenters. The number of ether oxygens (including phenoxy) is 2. The third-order valence-electron chi connectivity index (χ3n) is 4.79. The van der Waals surface area contributed by atoms with E-state index in [1.165, 1.54) is 30.3 Å². The van der Waals surface area contributed by atoms with Crippen LogP contribution in [0.4, 0.5) is 10.1 Å². The normalized spacial score (nSPS) is 16.4. The third-order valence-corrected chi connectivity index (χ3v) is 5.99. The number of para-hydroxylation sites is 1. The predicted molar refractivity (Wildman–Crippen MR) is 114 cm³/mol. The minimum atomic E-state index is -1.30. The molecule has 0 amide bonds. The number of hydrogen-bond donors (Lipinski definition) is 1. The molecule has 0 spiro atoms. The van der Waals surface area contributed by atoms with E-state index in [0.717, 1.165) is 5.56 Å². The van der Waals surface area contributed by atoms with Crippen molar-refractivity contribution in [1.29, 1.82) is 0 Å². The fraction of sp³-hybridized carbons (Fsp3) is 0.182. The van der Waals surface area contributed by atoms with Crippen molar-refractivity contribution in [2.75, 3.05) is 6.61 Å². The van der Waals surface area contributed by atoms with Crippen molar-refractivity contribution in [2.24, 2.45) is 5.50 Å². The van der Waals surface area contributed by atoms with E-state index < -0.39 is 25.1 Å². The molecule has 1 heterocycles. The van der Waals surface area contributed by atoms with Gasteiger partial charge < -0.3 is 14.0 Å². The number of nitrogens with two attached hydrogens (primary N) is 1. The standard InChI is InChI=1S/C22H20FN2O5P/c23-18-8-4-5-9-20(18)29-21-11-17-16(10-19(21)25(26)27)12-28-13-22(17)30-31(24)14-15-6-2-1-3-7-15/h1-11,22H,12-14,24H2. The first kappa shape index (κ1) is 21.3. The average molecular weight is 442 g/mol. The fourth-order valence-corrected chi connectivity index (χ4v) is 4.49. The monoisotopic (exact) mass is 442 g/mol. The Labute approximate surface area is 179 Å². The molecule has 1 aliphatic rings. The zero-order chi connectivity index (χ0) is 21.8. The Morgan fingerprint density at radius 2 is 1.87 bits per heavy atom. The molecule has 160 valence electrons. The predicted octanol–water partition coefficient (Wildman–Crippen LogP) is 5.58. The van der Waals surface area contributed by atoms with E-state index in [-0.39, 0.29) is 30.4 Å². The molecule has 4 rings (SSSR count). The van der Waals surface area contributed by atoms with E-state index >= 15 is 0 Å². The van der Waals surface area contributed by atoms with E-state index in [0.29, 0.717) is 17.3 Å². The van der Waals surface area contributed by atoms with Crippen LogP contribution in [0.5, 0.6) is 11.5 Å². The lowest BCUT2D eigenvalue weighted by Gasteiger charge is -2.28. The molecule has 0 aliphatic carbocycles. The number of hydrogen-bond acceptors (Lipinski definition) is 6. The van der Waals surface area contributed by atoms with Crippen LogP contribution in [0.15, 0.2) is 66.7 Å². The van der Waals surface area contributed by atoms with Crippen LogP contribution in [0.1, 0.15) is 22.8 Å². The molecule has 0 fully saturated rings. The zero-order valence-corrected chi connectivity index (χ0v) is 17.3. The molecule has 7 nitrogen and oxygen atoms in total. The van der Waals surface area contributed by atoms with E-state index in [1.54, 1.807) is 6.07 Å². The van der Waals surface area contributed by atoms with Crippen LogP contribution in [0, 0.1) is 15.9 Å². The number of halogens is 1. The molecule has 0 aromatic heterocycles. The molecule has 3 aromatic carbocycles. The van der Waals surface area contributed by atoms with Crippen LogP contribution < -0.4 is 10.2 Å². The van der Waals surface area contributed by atoms with Gasteiger partial charge in [0, 0.05) is 12.2 Å². The molecule has 2 unspecified atom stereocenters. The van der Waals surface area contributed by atoms with Crippen LogP contribution in [-0.4, -0.2) is 11.5 Å². The largest absolute Gasteiger partial charge is 0.447 e. The lowest BCUT2D eigenvalue weighted by atomic mass is 9.99. The summed E-state index contributed by atoms with van der Waals surface area (Å²) < 4.78 is 31.3. The second-order valence-corrected chi connectivity index (χ2v) is 8.34. The first-order valence-electron chi connectivity index (χ1n) is 9.55. The van der Waals surface area contributed by atoms with Gasteiger partial charge in [-0.15, -0.1) is 0 Å². The third kappa shape index (κ3) is 5.06. The SMILES string of the molecule is NP(Cc1ccccc1)OC1COCc2cc([N+](=O)[O-])c(Oc3ccccc3F)cc21. The summed E-state index contributed by atoms with van der Waals surface area (Å²) in [5.74, 6) is -0.770. The number of benzene rings is 3. The van der Waals surface area contributed by atoms with Crippen molar-refractivity contribution in [3.05, 3.63) is 99.4 Å². The quantitative estimate of drug-likeness (QED) is 0.291. The lowest BCUT2D eigenvalue weighted by Crippen LogP contribution is -2.19. The molecule has 0 saturated carbocycles. The highest BCUT2D eigenvalue weighted by Gasteiger charge is 2.29. The number of nitro groups is 1. The summed E-state index contributed by atoms with van der Waals surface area (Å²) in [6.45, 7) is 0.464. The highest BCUT2D eigenvalue weighted by atomic mass is 31.2. The summed E-state index contributed by atoms with van der Waals surface area (Å²) in [6.07, 6.45) is 0.0560. The topological polar surface area (TPSA) is 96.9 Å². The Morgan fingerprint density at radius 3 is 2.61 bits per heavy atom.